The molecule has 0 radical (unpaired) electrons. The van der Waals surface area contributed by atoms with Crippen LogP contribution in [-0.4, -0.2) is 28.2 Å². The van der Waals surface area contributed by atoms with E-state index < -0.39 is 17.4 Å². The second-order valence-electron chi connectivity index (χ2n) is 6.71. The predicted molar refractivity (Wildman–Crippen MR) is 120 cm³/mol. The molecule has 4 aromatic rings. The Morgan fingerprint density at radius 2 is 1.88 bits per heavy atom. The molecule has 0 N–H and O–H groups in total. The summed E-state index contributed by atoms with van der Waals surface area (Å²) >= 11 is 7.26. The van der Waals surface area contributed by atoms with Crippen molar-refractivity contribution in [3.63, 3.8) is 0 Å². The molecule has 0 spiro atoms. The lowest BCUT2D eigenvalue weighted by Gasteiger charge is -2.14. The maximum atomic E-state index is 13.5. The van der Waals surface area contributed by atoms with Crippen LogP contribution in [-0.2, 0) is 0 Å². The number of aromatic nitrogens is 2. The van der Waals surface area contributed by atoms with Crippen molar-refractivity contribution in [2.75, 3.05) is 12.9 Å². The van der Waals surface area contributed by atoms with Gasteiger partial charge in [-0.05, 0) is 48.5 Å². The predicted octanol–water partition coefficient (Wildman–Crippen LogP) is 5.30. The van der Waals surface area contributed by atoms with Gasteiger partial charge in [0.15, 0.2) is 22.6 Å². The summed E-state index contributed by atoms with van der Waals surface area (Å²) in [5, 5.41) is 0.959. The Bertz CT molecular complexity index is 1410. The Hall–Kier alpha value is -3.23. The highest BCUT2D eigenvalue weighted by Crippen LogP contribution is 2.29. The molecule has 0 saturated heterocycles. The van der Waals surface area contributed by atoms with E-state index in [1.54, 1.807) is 42.5 Å². The molecule has 0 unspecified atom stereocenters. The van der Waals surface area contributed by atoms with E-state index in [0.29, 0.717) is 27.4 Å². The van der Waals surface area contributed by atoms with E-state index in [2.05, 4.69) is 4.98 Å². The number of halogens is 3. The second-order valence-corrected chi connectivity index (χ2v) is 8.06. The first kappa shape index (κ1) is 22.0. The molecule has 1 aromatic heterocycles. The van der Waals surface area contributed by atoms with Crippen LogP contribution in [0.15, 0.2) is 70.6 Å². The first-order valence-electron chi connectivity index (χ1n) is 9.36. The number of ether oxygens (including phenoxy) is 1. The normalized spacial score (nSPS) is 11.0. The van der Waals surface area contributed by atoms with Gasteiger partial charge in [0, 0.05) is 5.56 Å². The molecule has 9 heteroatoms. The molecule has 4 rings (SSSR count). The number of fused-ring (bicyclic) bond motifs is 1. The van der Waals surface area contributed by atoms with Crippen LogP contribution in [0.5, 0.6) is 5.75 Å². The molecule has 0 atom stereocenters. The fourth-order valence-electron chi connectivity index (χ4n) is 3.11. The number of hydrogen-bond donors (Lipinski definition) is 0. The Morgan fingerprint density at radius 1 is 1.09 bits per heavy atom. The SMILES string of the molecule is COc1ccc(-n2c(SCC(=O)c3ccc(F)c(F)c3)nc3ccccc3c2=O)cc1Cl. The molecule has 0 bridgehead atoms. The largest absolute Gasteiger partial charge is 0.495 e. The van der Waals surface area contributed by atoms with Crippen molar-refractivity contribution in [2.24, 2.45) is 0 Å². The van der Waals surface area contributed by atoms with Crippen LogP contribution in [0.25, 0.3) is 16.6 Å². The third-order valence-corrected chi connectivity index (χ3v) is 5.95. The highest BCUT2D eigenvalue weighted by molar-refractivity contribution is 7.99. The van der Waals surface area contributed by atoms with Gasteiger partial charge in [-0.3, -0.25) is 14.2 Å². The molecule has 0 aliphatic heterocycles. The number of ketones is 1. The van der Waals surface area contributed by atoms with Crippen molar-refractivity contribution in [1.82, 2.24) is 9.55 Å². The van der Waals surface area contributed by atoms with Crippen molar-refractivity contribution in [1.29, 1.82) is 0 Å². The van der Waals surface area contributed by atoms with Crippen LogP contribution in [0.3, 0.4) is 0 Å². The molecule has 1 heterocycles. The van der Waals surface area contributed by atoms with Crippen LogP contribution < -0.4 is 10.3 Å². The zero-order valence-electron chi connectivity index (χ0n) is 16.6. The fraction of sp³-hybridized carbons (Fsp3) is 0.0870. The number of nitrogens with zero attached hydrogens (tertiary/aromatic N) is 2. The van der Waals surface area contributed by atoms with Crippen molar-refractivity contribution >= 4 is 40.0 Å². The van der Waals surface area contributed by atoms with E-state index in [4.69, 9.17) is 16.3 Å². The number of carbonyl (C=O) groups is 1. The van der Waals surface area contributed by atoms with Crippen LogP contribution in [0, 0.1) is 11.6 Å². The molecular formula is C23H15ClF2N2O3S. The van der Waals surface area contributed by atoms with Gasteiger partial charge in [0.1, 0.15) is 5.75 Å². The van der Waals surface area contributed by atoms with E-state index in [-0.39, 0.29) is 22.0 Å². The summed E-state index contributed by atoms with van der Waals surface area (Å²) in [7, 11) is 1.48. The number of thioether (sulfide) groups is 1. The number of carbonyl (C=O) groups excluding carboxylic acids is 1. The molecule has 0 aliphatic rings. The Morgan fingerprint density at radius 3 is 2.59 bits per heavy atom. The molecule has 0 saturated carbocycles. The van der Waals surface area contributed by atoms with Crippen LogP contribution in [0.2, 0.25) is 5.02 Å². The van der Waals surface area contributed by atoms with Gasteiger partial charge < -0.3 is 4.74 Å². The molecule has 0 fully saturated rings. The maximum Gasteiger partial charge on any atom is 0.266 e. The third kappa shape index (κ3) is 4.24. The highest BCUT2D eigenvalue weighted by atomic mass is 35.5. The lowest BCUT2D eigenvalue weighted by molar-refractivity contribution is 0.102. The molecule has 0 aliphatic carbocycles. The zero-order chi connectivity index (χ0) is 22.8. The summed E-state index contributed by atoms with van der Waals surface area (Å²) in [6.07, 6.45) is 0. The second kappa shape index (κ2) is 9.10. The summed E-state index contributed by atoms with van der Waals surface area (Å²) in [6.45, 7) is 0. The van der Waals surface area contributed by atoms with Gasteiger partial charge >= 0.3 is 0 Å². The molecule has 32 heavy (non-hydrogen) atoms. The molecule has 162 valence electrons. The Labute approximate surface area is 190 Å². The zero-order valence-corrected chi connectivity index (χ0v) is 18.2. The summed E-state index contributed by atoms with van der Waals surface area (Å²) in [4.78, 5) is 30.4. The van der Waals surface area contributed by atoms with Crippen molar-refractivity contribution in [2.45, 2.75) is 5.16 Å². The van der Waals surface area contributed by atoms with Gasteiger partial charge in [-0.2, -0.15) is 0 Å². The van der Waals surface area contributed by atoms with Gasteiger partial charge in [-0.25, -0.2) is 13.8 Å². The van der Waals surface area contributed by atoms with E-state index in [1.807, 2.05) is 0 Å². The van der Waals surface area contributed by atoms with Crippen LogP contribution >= 0.6 is 23.4 Å². The first-order valence-corrected chi connectivity index (χ1v) is 10.7. The standard InChI is InChI=1S/C23H15ClF2N2O3S/c1-31-21-9-7-14(11-16(21)24)28-22(30)15-4-2-3-5-19(15)27-23(28)32-12-20(29)13-6-8-17(25)18(26)10-13/h2-11H,12H2,1H3. The van der Waals surface area contributed by atoms with Crippen molar-refractivity contribution < 1.29 is 18.3 Å². The van der Waals surface area contributed by atoms with E-state index >= 15 is 0 Å². The van der Waals surface area contributed by atoms with Crippen molar-refractivity contribution in [3.8, 4) is 11.4 Å². The summed E-state index contributed by atoms with van der Waals surface area (Å²) < 4.78 is 33.2. The minimum atomic E-state index is -1.10. The highest BCUT2D eigenvalue weighted by Gasteiger charge is 2.17. The lowest BCUT2D eigenvalue weighted by atomic mass is 10.1. The summed E-state index contributed by atoms with van der Waals surface area (Å²) in [6, 6.07) is 14.7. The quantitative estimate of drug-likeness (QED) is 0.216. The maximum absolute atomic E-state index is 13.5. The molecule has 3 aromatic carbocycles. The van der Waals surface area contributed by atoms with Crippen molar-refractivity contribution in [3.05, 3.63) is 93.2 Å². The monoisotopic (exact) mass is 472 g/mol. The van der Waals surface area contributed by atoms with E-state index in [1.165, 1.54) is 17.7 Å². The molecule has 5 nitrogen and oxygen atoms in total. The van der Waals surface area contributed by atoms with E-state index in [9.17, 15) is 18.4 Å². The number of para-hydroxylation sites is 1. The number of benzene rings is 3. The third-order valence-electron chi connectivity index (χ3n) is 4.71. The van der Waals surface area contributed by atoms with Crippen LogP contribution in [0.4, 0.5) is 8.78 Å². The van der Waals surface area contributed by atoms with Crippen LogP contribution in [0.1, 0.15) is 10.4 Å². The van der Waals surface area contributed by atoms with E-state index in [0.717, 1.165) is 23.9 Å². The lowest BCUT2D eigenvalue weighted by Crippen LogP contribution is -2.22. The number of hydrogen-bond acceptors (Lipinski definition) is 5. The van der Waals surface area contributed by atoms with Gasteiger partial charge in [-0.15, -0.1) is 0 Å². The first-order chi connectivity index (χ1) is 15.4. The number of Topliss-reactive ketones (excluding diaryl/α,β-unsaturated/α-hetero) is 1. The number of rotatable bonds is 6. The smallest absolute Gasteiger partial charge is 0.266 e. The minimum absolute atomic E-state index is 0.0265. The topological polar surface area (TPSA) is 61.2 Å². The average Bonchev–Trinajstić information content (AvgIpc) is 2.79. The number of methoxy groups -OCH3 is 1. The Balaban J connectivity index is 1.76. The van der Waals surface area contributed by atoms with Gasteiger partial charge in [-0.1, -0.05) is 35.5 Å². The summed E-state index contributed by atoms with van der Waals surface area (Å²) in [5.41, 5.74) is 0.608. The average molecular weight is 473 g/mol. The Kier molecular flexibility index (Phi) is 6.25. The molecular weight excluding hydrogens is 458 g/mol. The molecule has 0 amide bonds. The summed E-state index contributed by atoms with van der Waals surface area (Å²) in [5.74, 6) is -2.26. The van der Waals surface area contributed by atoms with Gasteiger partial charge in [0.25, 0.3) is 5.56 Å². The fourth-order valence-corrected chi connectivity index (χ4v) is 4.27. The van der Waals surface area contributed by atoms with Gasteiger partial charge in [0.05, 0.1) is 34.5 Å². The minimum Gasteiger partial charge on any atom is -0.495 e. The van der Waals surface area contributed by atoms with Gasteiger partial charge in [0.2, 0.25) is 0 Å².